The van der Waals surface area contributed by atoms with E-state index in [1.807, 2.05) is 40.6 Å². The van der Waals surface area contributed by atoms with E-state index in [4.69, 9.17) is 4.74 Å². The zero-order valence-corrected chi connectivity index (χ0v) is 17.4. The molecule has 1 amide bonds. The Labute approximate surface area is 175 Å². The molecule has 1 aliphatic heterocycles. The molecular formula is C23H25N3O2S. The number of aromatic nitrogens is 1. The molecule has 6 heteroatoms. The maximum absolute atomic E-state index is 12.7. The van der Waals surface area contributed by atoms with Crippen LogP contribution in [-0.2, 0) is 17.6 Å². The van der Waals surface area contributed by atoms with E-state index in [-0.39, 0.29) is 5.91 Å². The summed E-state index contributed by atoms with van der Waals surface area (Å²) in [5, 5.41) is 3.08. The summed E-state index contributed by atoms with van der Waals surface area (Å²) in [7, 11) is 1.67. The van der Waals surface area contributed by atoms with Gasteiger partial charge in [-0.1, -0.05) is 30.3 Å². The summed E-state index contributed by atoms with van der Waals surface area (Å²) < 4.78 is 5.22. The zero-order valence-electron chi connectivity index (χ0n) is 16.6. The molecule has 1 aliphatic rings. The molecule has 1 fully saturated rings. The van der Waals surface area contributed by atoms with Crippen LogP contribution in [0.1, 0.15) is 16.3 Å². The second-order valence-corrected chi connectivity index (χ2v) is 8.08. The molecule has 0 bridgehead atoms. The van der Waals surface area contributed by atoms with Gasteiger partial charge in [-0.3, -0.25) is 4.79 Å². The minimum absolute atomic E-state index is 0.163. The van der Waals surface area contributed by atoms with Gasteiger partial charge in [0.25, 0.3) is 0 Å². The molecule has 0 aliphatic carbocycles. The van der Waals surface area contributed by atoms with Crippen LogP contribution in [0.15, 0.2) is 60.0 Å². The van der Waals surface area contributed by atoms with Crippen molar-refractivity contribution >= 4 is 22.9 Å². The Morgan fingerprint density at radius 1 is 1.03 bits per heavy atom. The molecule has 1 aromatic heterocycles. The lowest BCUT2D eigenvalue weighted by atomic mass is 10.2. The number of anilines is 1. The van der Waals surface area contributed by atoms with E-state index in [1.54, 1.807) is 18.4 Å². The molecule has 2 aromatic carbocycles. The van der Waals surface area contributed by atoms with Gasteiger partial charge in [0.05, 0.1) is 24.2 Å². The first-order chi connectivity index (χ1) is 14.2. The fourth-order valence-corrected chi connectivity index (χ4v) is 4.38. The summed E-state index contributed by atoms with van der Waals surface area (Å²) in [4.78, 5) is 21.6. The highest BCUT2D eigenvalue weighted by atomic mass is 32.1. The van der Waals surface area contributed by atoms with Gasteiger partial charge in [-0.2, -0.15) is 0 Å². The Morgan fingerprint density at radius 3 is 2.45 bits per heavy atom. The zero-order chi connectivity index (χ0) is 20.1. The molecule has 5 nitrogen and oxygen atoms in total. The van der Waals surface area contributed by atoms with Crippen LogP contribution in [0.2, 0.25) is 0 Å². The largest absolute Gasteiger partial charge is 0.497 e. The molecule has 0 atom stereocenters. The predicted molar refractivity (Wildman–Crippen MR) is 117 cm³/mol. The summed E-state index contributed by atoms with van der Waals surface area (Å²) in [6.45, 7) is 3.17. The third-order valence-corrected chi connectivity index (χ3v) is 6.10. The van der Waals surface area contributed by atoms with Gasteiger partial charge in [-0.25, -0.2) is 4.98 Å². The number of amides is 1. The number of ether oxygens (including phenoxy) is 1. The second-order valence-electron chi connectivity index (χ2n) is 7.14. The van der Waals surface area contributed by atoms with Crippen molar-refractivity contribution in [3.8, 4) is 5.75 Å². The first kappa shape index (κ1) is 19.5. The second kappa shape index (κ2) is 9.09. The fourth-order valence-electron chi connectivity index (χ4n) is 3.56. The van der Waals surface area contributed by atoms with Crippen molar-refractivity contribution in [1.29, 1.82) is 0 Å². The minimum Gasteiger partial charge on any atom is -0.497 e. The standard InChI is InChI=1S/C23H25N3O2S/c1-28-21-9-7-20(8-10-21)25-11-13-26(14-12-25)23(27)16-19-17-29-22(24-19)15-18-5-3-2-4-6-18/h2-10,17H,11-16H2,1H3. The molecule has 3 aromatic rings. The van der Waals surface area contributed by atoms with Crippen LogP contribution in [0.5, 0.6) is 5.75 Å². The SMILES string of the molecule is COc1ccc(N2CCN(C(=O)Cc3csc(Cc4ccccc4)n3)CC2)cc1. The van der Waals surface area contributed by atoms with Crippen LogP contribution in [0, 0.1) is 0 Å². The van der Waals surface area contributed by atoms with E-state index >= 15 is 0 Å². The summed E-state index contributed by atoms with van der Waals surface area (Å²) in [6, 6.07) is 18.4. The smallest absolute Gasteiger partial charge is 0.228 e. The number of methoxy groups -OCH3 is 1. The van der Waals surface area contributed by atoms with Crippen LogP contribution in [0.25, 0.3) is 0 Å². The number of benzene rings is 2. The molecular weight excluding hydrogens is 382 g/mol. The average molecular weight is 408 g/mol. The highest BCUT2D eigenvalue weighted by Gasteiger charge is 2.22. The van der Waals surface area contributed by atoms with Gasteiger partial charge in [-0.15, -0.1) is 11.3 Å². The lowest BCUT2D eigenvalue weighted by molar-refractivity contribution is -0.130. The quantitative estimate of drug-likeness (QED) is 0.626. The van der Waals surface area contributed by atoms with Gasteiger partial charge >= 0.3 is 0 Å². The van der Waals surface area contributed by atoms with Gasteiger partial charge < -0.3 is 14.5 Å². The van der Waals surface area contributed by atoms with Crippen LogP contribution in [-0.4, -0.2) is 49.1 Å². The molecule has 0 saturated carbocycles. The van der Waals surface area contributed by atoms with E-state index in [1.165, 1.54) is 11.3 Å². The van der Waals surface area contributed by atoms with Crippen molar-refractivity contribution in [2.45, 2.75) is 12.8 Å². The van der Waals surface area contributed by atoms with E-state index in [0.29, 0.717) is 6.42 Å². The van der Waals surface area contributed by atoms with Crippen molar-refractivity contribution in [2.24, 2.45) is 0 Å². The molecule has 0 unspecified atom stereocenters. The summed E-state index contributed by atoms with van der Waals surface area (Å²) in [5.41, 5.74) is 3.29. The van der Waals surface area contributed by atoms with E-state index in [9.17, 15) is 4.79 Å². The van der Waals surface area contributed by atoms with Crippen LogP contribution in [0.4, 0.5) is 5.69 Å². The van der Waals surface area contributed by atoms with Crippen LogP contribution in [0.3, 0.4) is 0 Å². The third kappa shape index (κ3) is 4.95. The number of rotatable bonds is 6. The van der Waals surface area contributed by atoms with Crippen LogP contribution < -0.4 is 9.64 Å². The number of nitrogens with zero attached hydrogens (tertiary/aromatic N) is 3. The van der Waals surface area contributed by atoms with E-state index < -0.39 is 0 Å². The Morgan fingerprint density at radius 2 is 1.76 bits per heavy atom. The summed E-state index contributed by atoms with van der Waals surface area (Å²) >= 11 is 1.63. The number of piperazine rings is 1. The van der Waals surface area contributed by atoms with Crippen molar-refractivity contribution in [3.05, 3.63) is 76.2 Å². The Kier molecular flexibility index (Phi) is 6.10. The molecule has 0 spiro atoms. The molecule has 0 N–H and O–H groups in total. The Bertz CT molecular complexity index is 932. The van der Waals surface area contributed by atoms with Gasteiger partial charge in [-0.05, 0) is 29.8 Å². The van der Waals surface area contributed by atoms with Gasteiger partial charge in [0.2, 0.25) is 5.91 Å². The molecule has 0 radical (unpaired) electrons. The highest BCUT2D eigenvalue weighted by molar-refractivity contribution is 7.09. The number of hydrogen-bond acceptors (Lipinski definition) is 5. The first-order valence-corrected chi connectivity index (χ1v) is 10.7. The Hall–Kier alpha value is -2.86. The number of carbonyl (C=O) groups excluding carboxylic acids is 1. The van der Waals surface area contributed by atoms with Crippen molar-refractivity contribution in [3.63, 3.8) is 0 Å². The summed E-state index contributed by atoms with van der Waals surface area (Å²) in [6.07, 6.45) is 1.20. The Balaban J connectivity index is 1.28. The summed E-state index contributed by atoms with van der Waals surface area (Å²) in [5.74, 6) is 1.02. The third-order valence-electron chi connectivity index (χ3n) is 5.20. The number of carbonyl (C=O) groups is 1. The normalized spacial score (nSPS) is 14.1. The van der Waals surface area contributed by atoms with Crippen LogP contribution >= 0.6 is 11.3 Å². The topological polar surface area (TPSA) is 45.7 Å². The fraction of sp³-hybridized carbons (Fsp3) is 0.304. The van der Waals surface area contributed by atoms with Gasteiger partial charge in [0.1, 0.15) is 5.75 Å². The first-order valence-electron chi connectivity index (χ1n) is 9.85. The van der Waals surface area contributed by atoms with Gasteiger partial charge in [0.15, 0.2) is 0 Å². The maximum Gasteiger partial charge on any atom is 0.228 e. The van der Waals surface area contributed by atoms with E-state index in [2.05, 4.69) is 34.1 Å². The van der Waals surface area contributed by atoms with E-state index in [0.717, 1.165) is 49.1 Å². The van der Waals surface area contributed by atoms with Crippen molar-refractivity contribution < 1.29 is 9.53 Å². The maximum atomic E-state index is 12.7. The lowest BCUT2D eigenvalue weighted by Gasteiger charge is -2.36. The molecule has 2 heterocycles. The molecule has 1 saturated heterocycles. The molecule has 29 heavy (non-hydrogen) atoms. The van der Waals surface area contributed by atoms with Gasteiger partial charge in [0, 0.05) is 43.7 Å². The monoisotopic (exact) mass is 407 g/mol. The minimum atomic E-state index is 0.163. The molecule has 150 valence electrons. The predicted octanol–water partition coefficient (Wildman–Crippen LogP) is 3.63. The van der Waals surface area contributed by atoms with Crippen molar-refractivity contribution in [2.75, 3.05) is 38.2 Å². The average Bonchev–Trinajstić information content (AvgIpc) is 3.21. The molecule has 4 rings (SSSR count). The number of hydrogen-bond donors (Lipinski definition) is 0. The highest BCUT2D eigenvalue weighted by Crippen LogP contribution is 2.21. The lowest BCUT2D eigenvalue weighted by Crippen LogP contribution is -2.49. The van der Waals surface area contributed by atoms with Crippen molar-refractivity contribution in [1.82, 2.24) is 9.88 Å². The number of thiazole rings is 1.